The average molecular weight is 721 g/mol. The third kappa shape index (κ3) is 5.32. The molecule has 1 unspecified atom stereocenters. The Hall–Kier alpha value is -7.51. The van der Waals surface area contributed by atoms with E-state index in [1.54, 1.807) is 0 Å². The molecule has 0 saturated carbocycles. The Kier molecular flexibility index (Phi) is 7.48. The van der Waals surface area contributed by atoms with Crippen LogP contribution >= 0.6 is 0 Å². The van der Waals surface area contributed by atoms with E-state index in [0.717, 1.165) is 84.0 Å². The molecule has 0 bridgehead atoms. The van der Waals surface area contributed by atoms with E-state index in [-0.39, 0.29) is 5.92 Å². The number of rotatable bonds is 6. The van der Waals surface area contributed by atoms with Crippen LogP contribution in [0.25, 0.3) is 95.0 Å². The summed E-state index contributed by atoms with van der Waals surface area (Å²) in [6.45, 7) is 0. The number of furan rings is 1. The van der Waals surface area contributed by atoms with Crippen molar-refractivity contribution in [2.45, 2.75) is 12.3 Å². The Balaban J connectivity index is 1.17. The van der Waals surface area contributed by atoms with Crippen LogP contribution < -0.4 is 0 Å². The van der Waals surface area contributed by atoms with Gasteiger partial charge in [0.05, 0.1) is 16.4 Å². The summed E-state index contributed by atoms with van der Waals surface area (Å²) >= 11 is 0. The summed E-state index contributed by atoms with van der Waals surface area (Å²) in [6.07, 6.45) is 9.30. The van der Waals surface area contributed by atoms with Gasteiger partial charge in [0.1, 0.15) is 22.6 Å². The van der Waals surface area contributed by atoms with Crippen molar-refractivity contribution in [3.8, 4) is 51.1 Å². The van der Waals surface area contributed by atoms with Crippen molar-refractivity contribution in [2.75, 3.05) is 0 Å². The number of hydrogen-bond donors (Lipinski definition) is 0. The molecule has 4 aromatic heterocycles. The van der Waals surface area contributed by atoms with Crippen molar-refractivity contribution < 1.29 is 4.42 Å². The van der Waals surface area contributed by atoms with Crippen LogP contribution in [0.15, 0.2) is 180 Å². The largest absolute Gasteiger partial charge is 0.452 e. The molecule has 0 fully saturated rings. The number of hydrogen-bond acceptors (Lipinski definition) is 6. The first-order valence-electron chi connectivity index (χ1n) is 18.8. The molecule has 10 aromatic rings. The lowest BCUT2D eigenvalue weighted by Gasteiger charge is -2.15. The third-order valence-electron chi connectivity index (χ3n) is 10.6. The standard InChI is InChI=1S/C49H32N6O/c1-5-15-31(16-6-1)32-25-27-36(28-26-32)48-52-47(35-21-11-4-12-22-35)53-49(54-48)55-38-24-14-13-23-37(38)41-39(55)29-30-40-42(41)44-45(56-40)43(33-17-7-2-8-18-33)50-46(51-44)34-19-9-3-10-20-34/h1-21,23-30,35H,22H2. The van der Waals surface area contributed by atoms with Crippen LogP contribution in [-0.2, 0) is 0 Å². The van der Waals surface area contributed by atoms with Crippen LogP contribution in [0.2, 0.25) is 0 Å². The van der Waals surface area contributed by atoms with Crippen molar-refractivity contribution >= 4 is 43.9 Å². The summed E-state index contributed by atoms with van der Waals surface area (Å²) in [5.74, 6) is 2.57. The number of benzene rings is 6. The van der Waals surface area contributed by atoms with Gasteiger partial charge < -0.3 is 4.42 Å². The van der Waals surface area contributed by atoms with Crippen LogP contribution in [0.3, 0.4) is 0 Å². The van der Waals surface area contributed by atoms with Crippen LogP contribution in [0.1, 0.15) is 18.2 Å². The fraction of sp³-hybridized carbons (Fsp3) is 0.0408. The molecule has 0 aliphatic heterocycles. The number of nitrogens with zero attached hydrogens (tertiary/aromatic N) is 6. The molecule has 1 aliphatic carbocycles. The maximum Gasteiger partial charge on any atom is 0.238 e. The summed E-state index contributed by atoms with van der Waals surface area (Å²) in [5.41, 5.74) is 9.94. The van der Waals surface area contributed by atoms with Gasteiger partial charge in [-0.25, -0.2) is 15.0 Å². The molecule has 0 spiro atoms. The second-order valence-electron chi connectivity index (χ2n) is 14.0. The van der Waals surface area contributed by atoms with Crippen LogP contribution in [0.5, 0.6) is 0 Å². The van der Waals surface area contributed by atoms with Gasteiger partial charge in [-0.3, -0.25) is 4.57 Å². The van der Waals surface area contributed by atoms with Crippen molar-refractivity contribution in [3.63, 3.8) is 0 Å². The monoisotopic (exact) mass is 720 g/mol. The summed E-state index contributed by atoms with van der Waals surface area (Å²) in [6, 6.07) is 51.7. The fourth-order valence-corrected chi connectivity index (χ4v) is 7.90. The molecule has 0 saturated heterocycles. The van der Waals surface area contributed by atoms with Crippen molar-refractivity contribution in [1.29, 1.82) is 0 Å². The van der Waals surface area contributed by atoms with Crippen LogP contribution in [0, 0.1) is 0 Å². The maximum absolute atomic E-state index is 6.73. The Bertz CT molecular complexity index is 3150. The van der Waals surface area contributed by atoms with Crippen molar-refractivity contribution in [2.24, 2.45) is 0 Å². The lowest BCUT2D eigenvalue weighted by Crippen LogP contribution is -2.11. The first-order valence-corrected chi connectivity index (χ1v) is 18.8. The molecule has 7 nitrogen and oxygen atoms in total. The first-order chi connectivity index (χ1) is 27.8. The highest BCUT2D eigenvalue weighted by Crippen LogP contribution is 2.43. The smallest absolute Gasteiger partial charge is 0.238 e. The molecule has 7 heteroatoms. The highest BCUT2D eigenvalue weighted by atomic mass is 16.3. The second kappa shape index (κ2) is 13.1. The molecule has 264 valence electrons. The number of fused-ring (bicyclic) bond motifs is 7. The lowest BCUT2D eigenvalue weighted by atomic mass is 10.00. The Labute approximate surface area is 322 Å². The zero-order valence-corrected chi connectivity index (χ0v) is 30.1. The summed E-state index contributed by atoms with van der Waals surface area (Å²) in [7, 11) is 0. The molecule has 0 amide bonds. The maximum atomic E-state index is 6.73. The van der Waals surface area contributed by atoms with E-state index >= 15 is 0 Å². The first kappa shape index (κ1) is 32.0. The van der Waals surface area contributed by atoms with Gasteiger partial charge in [0.25, 0.3) is 0 Å². The van der Waals surface area contributed by atoms with Gasteiger partial charge >= 0.3 is 0 Å². The van der Waals surface area contributed by atoms with E-state index in [1.807, 2.05) is 60.7 Å². The average Bonchev–Trinajstić information content (AvgIpc) is 3.83. The molecule has 56 heavy (non-hydrogen) atoms. The van der Waals surface area contributed by atoms with E-state index in [9.17, 15) is 0 Å². The predicted molar refractivity (Wildman–Crippen MR) is 224 cm³/mol. The van der Waals surface area contributed by atoms with Gasteiger partial charge in [-0.15, -0.1) is 0 Å². The molecular weight excluding hydrogens is 689 g/mol. The topological polar surface area (TPSA) is 82.5 Å². The molecule has 0 N–H and O–H groups in total. The van der Waals surface area contributed by atoms with Gasteiger partial charge in [0, 0.05) is 33.4 Å². The normalized spacial score (nSPS) is 14.0. The Morgan fingerprint density at radius 3 is 1.89 bits per heavy atom. The number of aromatic nitrogens is 6. The predicted octanol–water partition coefficient (Wildman–Crippen LogP) is 11.9. The molecule has 4 heterocycles. The van der Waals surface area contributed by atoms with Crippen LogP contribution in [0.4, 0.5) is 0 Å². The SMILES string of the molecule is C1=CCC(c2nc(-c3ccc(-c4ccccc4)cc3)nc(-n3c4ccccc4c4c5c(ccc43)oc3c(-c4ccccc4)nc(-c4ccccc4)nc35)n2)C=C1. The Morgan fingerprint density at radius 2 is 1.14 bits per heavy atom. The number of allylic oxidation sites excluding steroid dienone is 4. The van der Waals surface area contributed by atoms with Gasteiger partial charge in [0.2, 0.25) is 5.95 Å². The van der Waals surface area contributed by atoms with E-state index in [4.69, 9.17) is 29.3 Å². The molecule has 0 radical (unpaired) electrons. The lowest BCUT2D eigenvalue weighted by molar-refractivity contribution is 0.667. The molecular formula is C49H32N6O. The van der Waals surface area contributed by atoms with Gasteiger partial charge in [-0.2, -0.15) is 9.97 Å². The van der Waals surface area contributed by atoms with Crippen molar-refractivity contribution in [3.05, 3.63) is 182 Å². The highest BCUT2D eigenvalue weighted by molar-refractivity contribution is 6.27. The second-order valence-corrected chi connectivity index (χ2v) is 14.0. The van der Waals surface area contributed by atoms with E-state index in [1.165, 1.54) is 0 Å². The third-order valence-corrected chi connectivity index (χ3v) is 10.6. The molecule has 11 rings (SSSR count). The van der Waals surface area contributed by atoms with Crippen molar-refractivity contribution in [1.82, 2.24) is 29.5 Å². The summed E-state index contributed by atoms with van der Waals surface area (Å²) < 4.78 is 8.89. The van der Waals surface area contributed by atoms with Crippen LogP contribution in [-0.4, -0.2) is 29.5 Å². The highest BCUT2D eigenvalue weighted by Gasteiger charge is 2.25. The minimum absolute atomic E-state index is 0.0196. The number of para-hydroxylation sites is 1. The van der Waals surface area contributed by atoms with Gasteiger partial charge in [0.15, 0.2) is 17.2 Å². The zero-order chi connectivity index (χ0) is 37.0. The van der Waals surface area contributed by atoms with E-state index in [2.05, 4.69) is 120 Å². The summed E-state index contributed by atoms with van der Waals surface area (Å²) in [5, 5.41) is 2.99. The van der Waals surface area contributed by atoms with Gasteiger partial charge in [-0.1, -0.05) is 158 Å². The molecule has 6 aromatic carbocycles. The minimum Gasteiger partial charge on any atom is -0.452 e. The molecule has 1 aliphatic rings. The van der Waals surface area contributed by atoms with E-state index in [0.29, 0.717) is 23.2 Å². The van der Waals surface area contributed by atoms with E-state index < -0.39 is 0 Å². The minimum atomic E-state index is 0.0196. The Morgan fingerprint density at radius 1 is 0.500 bits per heavy atom. The fourth-order valence-electron chi connectivity index (χ4n) is 7.90. The quantitative estimate of drug-likeness (QED) is 0.170. The molecule has 1 atom stereocenters. The zero-order valence-electron chi connectivity index (χ0n) is 30.1. The summed E-state index contributed by atoms with van der Waals surface area (Å²) in [4.78, 5) is 25.9. The van der Waals surface area contributed by atoms with Gasteiger partial charge in [-0.05, 0) is 35.7 Å².